The van der Waals surface area contributed by atoms with Crippen LogP contribution in [0.5, 0.6) is 0 Å². The molecule has 1 saturated heterocycles. The second kappa shape index (κ2) is 12.7. The van der Waals surface area contributed by atoms with Gasteiger partial charge in [0.25, 0.3) is 0 Å². The summed E-state index contributed by atoms with van der Waals surface area (Å²) in [5.74, 6) is -1.84. The van der Waals surface area contributed by atoms with Gasteiger partial charge in [-0.15, -0.1) is 0 Å². The first-order valence-electron chi connectivity index (χ1n) is 9.77. The quantitative estimate of drug-likeness (QED) is 0.162. The summed E-state index contributed by atoms with van der Waals surface area (Å²) in [6, 6.07) is -0.961. The molecule has 7 N–H and O–H groups in total. The summed E-state index contributed by atoms with van der Waals surface area (Å²) in [5, 5.41) is 40.4. The van der Waals surface area contributed by atoms with Crippen molar-refractivity contribution in [1.82, 2.24) is 5.32 Å². The Morgan fingerprint density at radius 2 is 1.69 bits per heavy atom. The Bertz CT molecular complexity index is 545. The number of aliphatic hydroxyl groups is 3. The van der Waals surface area contributed by atoms with Gasteiger partial charge in [0.2, 0.25) is 12.2 Å². The van der Waals surface area contributed by atoms with Crippen molar-refractivity contribution in [2.45, 2.75) is 88.6 Å². The number of nitrogens with one attached hydrogen (secondary N) is 1. The first-order valence-corrected chi connectivity index (χ1v) is 9.77. The van der Waals surface area contributed by atoms with Crippen molar-refractivity contribution in [2.75, 3.05) is 6.54 Å². The van der Waals surface area contributed by atoms with Crippen LogP contribution in [0.4, 0.5) is 0 Å². The minimum atomic E-state index is -1.58. The Hall–Kier alpha value is -1.79. The van der Waals surface area contributed by atoms with Crippen LogP contribution in [-0.4, -0.2) is 81.6 Å². The molecule has 0 unspecified atom stereocenters. The minimum Gasteiger partial charge on any atom is -0.481 e. The number of nitrogens with two attached hydrogens (primary N) is 1. The molecule has 1 rings (SSSR count). The zero-order chi connectivity index (χ0) is 22.0. The Morgan fingerprint density at radius 3 is 2.34 bits per heavy atom. The lowest BCUT2D eigenvalue weighted by molar-refractivity contribution is -0.285. The minimum absolute atomic E-state index is 0.0443. The molecule has 29 heavy (non-hydrogen) atoms. The molecule has 1 amide bonds. The lowest BCUT2D eigenvalue weighted by atomic mass is 10.00. The molecular weight excluding hydrogens is 388 g/mol. The molecule has 1 aliphatic rings. The summed E-state index contributed by atoms with van der Waals surface area (Å²) in [5.41, 5.74) is 5.76. The van der Waals surface area contributed by atoms with Crippen molar-refractivity contribution in [3.8, 4) is 0 Å². The number of carbonyl (C=O) groups excluding carboxylic acids is 2. The topological polar surface area (TPSA) is 189 Å². The van der Waals surface area contributed by atoms with E-state index in [1.54, 1.807) is 0 Å². The van der Waals surface area contributed by atoms with Crippen molar-refractivity contribution in [1.29, 1.82) is 0 Å². The molecule has 11 nitrogen and oxygen atoms in total. The average Bonchev–Trinajstić information content (AvgIpc) is 2.67. The van der Waals surface area contributed by atoms with Gasteiger partial charge in [0.05, 0.1) is 6.10 Å². The van der Waals surface area contributed by atoms with Gasteiger partial charge in [-0.2, -0.15) is 0 Å². The van der Waals surface area contributed by atoms with Crippen LogP contribution in [0, 0.1) is 0 Å². The molecule has 1 fully saturated rings. The van der Waals surface area contributed by atoms with E-state index in [0.717, 1.165) is 0 Å². The van der Waals surface area contributed by atoms with Crippen LogP contribution in [0.15, 0.2) is 0 Å². The van der Waals surface area contributed by atoms with E-state index < -0.39 is 48.7 Å². The van der Waals surface area contributed by atoms with Gasteiger partial charge >= 0.3 is 11.9 Å². The van der Waals surface area contributed by atoms with Crippen molar-refractivity contribution in [2.24, 2.45) is 5.73 Å². The summed E-state index contributed by atoms with van der Waals surface area (Å²) in [7, 11) is 0. The SMILES string of the molecule is C[C@@H]1O[C@@H](OC(=O)[C@@H](N)CCCCNC(=O)CCCCC(=O)O)[C@@H](O)[C@H](O)[C@@H]1O. The molecule has 1 heterocycles. The average molecular weight is 420 g/mol. The fraction of sp³-hybridized carbons (Fsp3) is 0.833. The molecule has 0 aliphatic carbocycles. The summed E-state index contributed by atoms with van der Waals surface area (Å²) >= 11 is 0. The number of carbonyl (C=O) groups is 3. The molecule has 6 atom stereocenters. The highest BCUT2D eigenvalue weighted by Gasteiger charge is 2.44. The Balaban J connectivity index is 2.18. The maximum absolute atomic E-state index is 12.0. The maximum atomic E-state index is 12.0. The van der Waals surface area contributed by atoms with Gasteiger partial charge < -0.3 is 41.0 Å². The van der Waals surface area contributed by atoms with Gasteiger partial charge in [-0.1, -0.05) is 0 Å². The lowest BCUT2D eigenvalue weighted by Gasteiger charge is -2.38. The number of hydrogen-bond donors (Lipinski definition) is 6. The molecule has 168 valence electrons. The van der Waals surface area contributed by atoms with E-state index in [-0.39, 0.29) is 25.2 Å². The summed E-state index contributed by atoms with van der Waals surface area (Å²) in [4.78, 5) is 34.0. The fourth-order valence-electron chi connectivity index (χ4n) is 2.80. The van der Waals surface area contributed by atoms with Crippen LogP contribution in [0.3, 0.4) is 0 Å². The normalized spacial score (nSPS) is 27.8. The third-order valence-electron chi connectivity index (χ3n) is 4.65. The predicted molar refractivity (Wildman–Crippen MR) is 99.4 cm³/mol. The third-order valence-corrected chi connectivity index (χ3v) is 4.65. The van der Waals surface area contributed by atoms with Gasteiger partial charge in [0.1, 0.15) is 24.4 Å². The highest BCUT2D eigenvalue weighted by molar-refractivity contribution is 5.76. The van der Waals surface area contributed by atoms with E-state index in [2.05, 4.69) is 5.32 Å². The van der Waals surface area contributed by atoms with Crippen LogP contribution < -0.4 is 11.1 Å². The highest BCUT2D eigenvalue weighted by Crippen LogP contribution is 2.22. The second-order valence-electron chi connectivity index (χ2n) is 7.17. The van der Waals surface area contributed by atoms with Crippen LogP contribution in [0.2, 0.25) is 0 Å². The van der Waals surface area contributed by atoms with E-state index in [9.17, 15) is 29.7 Å². The molecule has 0 aromatic heterocycles. The van der Waals surface area contributed by atoms with Crippen molar-refractivity contribution in [3.63, 3.8) is 0 Å². The zero-order valence-electron chi connectivity index (χ0n) is 16.5. The molecule has 0 bridgehead atoms. The summed E-state index contributed by atoms with van der Waals surface area (Å²) in [6.07, 6.45) is -3.92. The number of hydrogen-bond acceptors (Lipinski definition) is 9. The maximum Gasteiger partial charge on any atom is 0.325 e. The van der Waals surface area contributed by atoms with Crippen molar-refractivity contribution >= 4 is 17.8 Å². The van der Waals surface area contributed by atoms with Gasteiger partial charge in [-0.3, -0.25) is 14.4 Å². The molecule has 0 radical (unpaired) electrons. The second-order valence-corrected chi connectivity index (χ2v) is 7.17. The third kappa shape index (κ3) is 9.05. The Labute approximate surface area is 169 Å². The molecule has 1 aliphatic heterocycles. The van der Waals surface area contributed by atoms with E-state index in [0.29, 0.717) is 32.2 Å². The highest BCUT2D eigenvalue weighted by atomic mass is 16.7. The molecular formula is C18H32N2O9. The van der Waals surface area contributed by atoms with E-state index in [1.165, 1.54) is 6.92 Å². The number of esters is 1. The summed E-state index contributed by atoms with van der Waals surface area (Å²) in [6.45, 7) is 1.88. The van der Waals surface area contributed by atoms with E-state index >= 15 is 0 Å². The van der Waals surface area contributed by atoms with Crippen molar-refractivity contribution in [3.05, 3.63) is 0 Å². The number of aliphatic carboxylic acids is 1. The fourth-order valence-corrected chi connectivity index (χ4v) is 2.80. The molecule has 0 aromatic carbocycles. The van der Waals surface area contributed by atoms with Crippen LogP contribution in [0.25, 0.3) is 0 Å². The number of carboxylic acid groups (broad SMARTS) is 1. The summed E-state index contributed by atoms with van der Waals surface area (Å²) < 4.78 is 10.2. The van der Waals surface area contributed by atoms with Crippen LogP contribution >= 0.6 is 0 Å². The number of ether oxygens (including phenoxy) is 2. The first kappa shape index (κ1) is 25.2. The molecule has 0 saturated carbocycles. The number of carboxylic acids is 1. The monoisotopic (exact) mass is 420 g/mol. The van der Waals surface area contributed by atoms with Crippen LogP contribution in [0.1, 0.15) is 51.9 Å². The molecule has 0 aromatic rings. The van der Waals surface area contributed by atoms with Gasteiger partial charge in [0, 0.05) is 19.4 Å². The number of rotatable bonds is 12. The number of unbranched alkanes of at least 4 members (excludes halogenated alkanes) is 2. The Morgan fingerprint density at radius 1 is 1.03 bits per heavy atom. The zero-order valence-corrected chi connectivity index (χ0v) is 16.5. The van der Waals surface area contributed by atoms with Gasteiger partial charge in [-0.25, -0.2) is 0 Å². The molecule has 0 spiro atoms. The lowest BCUT2D eigenvalue weighted by Crippen LogP contribution is -2.58. The van der Waals surface area contributed by atoms with Crippen LogP contribution in [-0.2, 0) is 23.9 Å². The van der Waals surface area contributed by atoms with Gasteiger partial charge in [-0.05, 0) is 39.0 Å². The molecule has 11 heteroatoms. The Kier molecular flexibility index (Phi) is 11.1. The smallest absolute Gasteiger partial charge is 0.325 e. The standard InChI is InChI=1S/C18H32N2O9/c1-10-14(24)15(25)16(26)18(28-10)29-17(27)11(19)6-4-5-9-20-12(21)7-2-3-8-13(22)23/h10-11,14-16,18,24-26H,2-9,19H2,1H3,(H,20,21)(H,22,23)/t10-,11-,14+,15+,16-,18-/m0/s1. The number of aliphatic hydroxyl groups excluding tert-OH is 3. The van der Waals surface area contributed by atoms with Crippen molar-refractivity contribution < 1.29 is 44.3 Å². The first-order chi connectivity index (χ1) is 13.6. The van der Waals surface area contributed by atoms with Gasteiger partial charge in [0.15, 0.2) is 0 Å². The van der Waals surface area contributed by atoms with E-state index in [4.69, 9.17) is 20.3 Å². The van der Waals surface area contributed by atoms with E-state index in [1.807, 2.05) is 0 Å². The largest absolute Gasteiger partial charge is 0.481 e. The predicted octanol–water partition coefficient (Wildman–Crippen LogP) is -1.38. The number of amides is 1.